The molecule has 0 spiro atoms. The predicted molar refractivity (Wildman–Crippen MR) is 129 cm³/mol. The molecule has 0 saturated carbocycles. The van der Waals surface area contributed by atoms with Crippen LogP contribution in [0, 0.1) is 0 Å². The Kier molecular flexibility index (Phi) is 8.91. The first kappa shape index (κ1) is 24.3. The van der Waals surface area contributed by atoms with Crippen molar-refractivity contribution >= 4 is 29.0 Å². The summed E-state index contributed by atoms with van der Waals surface area (Å²) in [5.41, 5.74) is 3.22. The number of aromatic nitrogens is 2. The largest absolute Gasteiger partial charge is 0.383 e. The van der Waals surface area contributed by atoms with Crippen molar-refractivity contribution in [3.05, 3.63) is 76.0 Å². The molecule has 0 radical (unpaired) electrons. The predicted octanol–water partition coefficient (Wildman–Crippen LogP) is 4.27. The maximum Gasteiger partial charge on any atom is 0.322 e. The van der Waals surface area contributed by atoms with Crippen LogP contribution >= 0.6 is 11.3 Å². The van der Waals surface area contributed by atoms with Gasteiger partial charge in [0.2, 0.25) is 0 Å². The normalized spacial score (nSPS) is 10.8. The van der Waals surface area contributed by atoms with Gasteiger partial charge < -0.3 is 20.3 Å². The van der Waals surface area contributed by atoms with E-state index in [4.69, 9.17) is 4.74 Å². The Morgan fingerprint density at radius 1 is 1.12 bits per heavy atom. The number of nitrogens with zero attached hydrogens (tertiary/aromatic N) is 3. The highest BCUT2D eigenvalue weighted by Gasteiger charge is 2.18. The molecule has 1 aromatic carbocycles. The van der Waals surface area contributed by atoms with E-state index in [-0.39, 0.29) is 18.5 Å². The fraction of sp³-hybridized carbons (Fsp3) is 0.333. The van der Waals surface area contributed by atoms with E-state index >= 15 is 0 Å². The second-order valence-electron chi connectivity index (χ2n) is 7.79. The first-order valence-corrected chi connectivity index (χ1v) is 11.6. The average molecular weight is 468 g/mol. The van der Waals surface area contributed by atoms with Crippen LogP contribution in [0.2, 0.25) is 0 Å². The zero-order valence-electron chi connectivity index (χ0n) is 19.1. The number of hydrogen-bond acceptors (Lipinski definition) is 6. The van der Waals surface area contributed by atoms with Crippen molar-refractivity contribution in [2.24, 2.45) is 0 Å². The van der Waals surface area contributed by atoms with E-state index < -0.39 is 0 Å². The standard InChI is InChI=1S/C24H29N5O3S/c1-17(2)19-4-6-20(7-5-19)27-24(31)29(12-13-32-3)15-22-28-21(16-33-22)23(30)26-14-18-8-10-25-11-9-18/h4-11,16-17H,12-15H2,1-3H3,(H,26,30)(H,27,31). The van der Waals surface area contributed by atoms with Gasteiger partial charge in [0.05, 0.1) is 13.2 Å². The van der Waals surface area contributed by atoms with E-state index in [1.54, 1.807) is 29.8 Å². The van der Waals surface area contributed by atoms with Gasteiger partial charge in [0.15, 0.2) is 0 Å². The molecule has 0 unspecified atom stereocenters. The highest BCUT2D eigenvalue weighted by Crippen LogP contribution is 2.18. The lowest BCUT2D eigenvalue weighted by Gasteiger charge is -2.22. The zero-order chi connectivity index (χ0) is 23.6. The summed E-state index contributed by atoms with van der Waals surface area (Å²) in [5, 5.41) is 8.15. The van der Waals surface area contributed by atoms with E-state index in [1.807, 2.05) is 36.4 Å². The van der Waals surface area contributed by atoms with Gasteiger partial charge in [0.1, 0.15) is 10.7 Å². The summed E-state index contributed by atoms with van der Waals surface area (Å²) in [6.45, 7) is 5.72. The van der Waals surface area contributed by atoms with Crippen LogP contribution in [0.25, 0.3) is 0 Å². The lowest BCUT2D eigenvalue weighted by Crippen LogP contribution is -2.36. The number of methoxy groups -OCH3 is 1. The van der Waals surface area contributed by atoms with Gasteiger partial charge in [-0.1, -0.05) is 26.0 Å². The van der Waals surface area contributed by atoms with E-state index in [0.717, 1.165) is 11.3 Å². The van der Waals surface area contributed by atoms with Crippen LogP contribution in [0.4, 0.5) is 10.5 Å². The monoisotopic (exact) mass is 467 g/mol. The number of pyridine rings is 1. The second-order valence-corrected chi connectivity index (χ2v) is 8.73. The van der Waals surface area contributed by atoms with E-state index in [0.29, 0.717) is 36.3 Å². The lowest BCUT2D eigenvalue weighted by molar-refractivity contribution is 0.0946. The molecule has 0 bridgehead atoms. The Bertz CT molecular complexity index is 1040. The molecule has 0 atom stereocenters. The minimum absolute atomic E-state index is 0.247. The smallest absolute Gasteiger partial charge is 0.322 e. The molecule has 0 aliphatic rings. The number of hydrogen-bond donors (Lipinski definition) is 2. The minimum atomic E-state index is -0.257. The van der Waals surface area contributed by atoms with Crippen LogP contribution in [-0.4, -0.2) is 47.1 Å². The molecule has 0 saturated heterocycles. The number of carbonyl (C=O) groups is 2. The van der Waals surface area contributed by atoms with Crippen molar-refractivity contribution in [3.8, 4) is 0 Å². The Labute approximate surface area is 198 Å². The molecule has 8 nitrogen and oxygen atoms in total. The first-order chi connectivity index (χ1) is 16.0. The highest BCUT2D eigenvalue weighted by molar-refractivity contribution is 7.09. The third kappa shape index (κ3) is 7.37. The molecular weight excluding hydrogens is 438 g/mol. The van der Waals surface area contributed by atoms with Crippen molar-refractivity contribution in [1.29, 1.82) is 0 Å². The highest BCUT2D eigenvalue weighted by atomic mass is 32.1. The summed E-state index contributed by atoms with van der Waals surface area (Å²) in [5.74, 6) is 0.168. The minimum Gasteiger partial charge on any atom is -0.383 e. The van der Waals surface area contributed by atoms with E-state index in [9.17, 15) is 9.59 Å². The number of carbonyl (C=O) groups excluding carboxylic acids is 2. The summed E-state index contributed by atoms with van der Waals surface area (Å²) in [6, 6.07) is 11.3. The molecule has 3 amide bonds. The van der Waals surface area contributed by atoms with Crippen molar-refractivity contribution in [1.82, 2.24) is 20.2 Å². The average Bonchev–Trinajstić information content (AvgIpc) is 3.30. The molecular formula is C24H29N5O3S. The quantitative estimate of drug-likeness (QED) is 0.464. The van der Waals surface area contributed by atoms with Crippen LogP contribution < -0.4 is 10.6 Å². The van der Waals surface area contributed by atoms with Gasteiger partial charge in [-0.05, 0) is 41.3 Å². The maximum atomic E-state index is 12.9. The fourth-order valence-corrected chi connectivity index (χ4v) is 3.82. The number of amides is 3. The number of ether oxygens (including phenoxy) is 1. The van der Waals surface area contributed by atoms with Crippen LogP contribution in [0.5, 0.6) is 0 Å². The van der Waals surface area contributed by atoms with E-state index in [2.05, 4.69) is 34.4 Å². The Morgan fingerprint density at radius 3 is 2.52 bits per heavy atom. The number of rotatable bonds is 10. The third-order valence-electron chi connectivity index (χ3n) is 4.99. The number of thiazole rings is 1. The SMILES string of the molecule is COCCN(Cc1nc(C(=O)NCc2ccncc2)cs1)C(=O)Nc1ccc(C(C)C)cc1. The van der Waals surface area contributed by atoms with Gasteiger partial charge in [-0.2, -0.15) is 0 Å². The number of anilines is 1. The van der Waals surface area contributed by atoms with Gasteiger partial charge in [0, 0.05) is 43.7 Å². The summed E-state index contributed by atoms with van der Waals surface area (Å²) < 4.78 is 5.16. The molecule has 174 valence electrons. The van der Waals surface area contributed by atoms with Crippen LogP contribution in [0.1, 0.15) is 46.4 Å². The molecule has 9 heteroatoms. The summed E-state index contributed by atoms with van der Waals surface area (Å²) in [6.07, 6.45) is 3.36. The van der Waals surface area contributed by atoms with Crippen molar-refractivity contribution in [2.75, 3.05) is 25.6 Å². The molecule has 33 heavy (non-hydrogen) atoms. The van der Waals surface area contributed by atoms with Gasteiger partial charge >= 0.3 is 6.03 Å². The Balaban J connectivity index is 1.60. The Hall–Kier alpha value is -3.30. The topological polar surface area (TPSA) is 96.4 Å². The molecule has 0 aliphatic carbocycles. The lowest BCUT2D eigenvalue weighted by atomic mass is 10.0. The van der Waals surface area contributed by atoms with Crippen molar-refractivity contribution in [2.45, 2.75) is 32.9 Å². The molecule has 3 rings (SSSR count). The maximum absolute atomic E-state index is 12.9. The van der Waals surface area contributed by atoms with Gasteiger partial charge in [-0.3, -0.25) is 9.78 Å². The number of urea groups is 1. The van der Waals surface area contributed by atoms with Gasteiger partial charge in [0.25, 0.3) is 5.91 Å². The van der Waals surface area contributed by atoms with E-state index in [1.165, 1.54) is 16.9 Å². The summed E-state index contributed by atoms with van der Waals surface area (Å²) in [4.78, 5) is 35.3. The van der Waals surface area contributed by atoms with Gasteiger partial charge in [-0.25, -0.2) is 9.78 Å². The molecule has 2 heterocycles. The van der Waals surface area contributed by atoms with Crippen LogP contribution in [0.3, 0.4) is 0 Å². The molecule has 3 aromatic rings. The molecule has 0 fully saturated rings. The number of benzene rings is 1. The third-order valence-corrected chi connectivity index (χ3v) is 5.83. The molecule has 2 aromatic heterocycles. The van der Waals surface area contributed by atoms with Crippen molar-refractivity contribution < 1.29 is 14.3 Å². The van der Waals surface area contributed by atoms with Crippen LogP contribution in [-0.2, 0) is 17.8 Å². The van der Waals surface area contributed by atoms with Crippen molar-refractivity contribution in [3.63, 3.8) is 0 Å². The first-order valence-electron chi connectivity index (χ1n) is 10.7. The number of nitrogens with one attached hydrogen (secondary N) is 2. The fourth-order valence-electron chi connectivity index (χ4n) is 3.03. The summed E-state index contributed by atoms with van der Waals surface area (Å²) >= 11 is 1.35. The molecule has 0 aliphatic heterocycles. The Morgan fingerprint density at radius 2 is 1.85 bits per heavy atom. The van der Waals surface area contributed by atoms with Gasteiger partial charge in [-0.15, -0.1) is 11.3 Å². The molecule has 2 N–H and O–H groups in total. The summed E-state index contributed by atoms with van der Waals surface area (Å²) in [7, 11) is 1.59. The second kappa shape index (κ2) is 12.1. The van der Waals surface area contributed by atoms with Crippen LogP contribution in [0.15, 0.2) is 54.2 Å². The zero-order valence-corrected chi connectivity index (χ0v) is 19.9.